The smallest absolute Gasteiger partial charge is 0.217 e. The Morgan fingerprint density at radius 1 is 0.519 bits per heavy atom. The number of nitrogens with one attached hydrogen (secondary N) is 1. The van der Waals surface area contributed by atoms with Crippen molar-refractivity contribution in [2.75, 3.05) is 19.8 Å². The summed E-state index contributed by atoms with van der Waals surface area (Å²) in [5.41, 5.74) is 4.79. The lowest BCUT2D eigenvalue weighted by Gasteiger charge is -2.50. The minimum absolute atomic E-state index is 0.0874. The van der Waals surface area contributed by atoms with Crippen LogP contribution >= 0.6 is 0 Å². The van der Waals surface area contributed by atoms with Crippen molar-refractivity contribution in [3.63, 3.8) is 0 Å². The normalized spacial score (nSPS) is 28.4. The van der Waals surface area contributed by atoms with Gasteiger partial charge < -0.3 is 67.3 Å². The maximum absolute atomic E-state index is 13.1. The molecule has 428 valence electrons. The van der Waals surface area contributed by atoms with E-state index in [0.29, 0.717) is 19.1 Å². The Balaban J connectivity index is 1.03. The molecule has 3 saturated heterocycles. The lowest BCUT2D eigenvalue weighted by atomic mass is 9.95. The van der Waals surface area contributed by atoms with Crippen LogP contribution in [0.4, 0.5) is 0 Å². The van der Waals surface area contributed by atoms with Crippen LogP contribution in [0, 0.1) is 5.92 Å². The molecule has 0 aliphatic carbocycles. The summed E-state index contributed by atoms with van der Waals surface area (Å²) in [5, 5.41) is 26.4. The Morgan fingerprint density at radius 3 is 1.39 bits per heavy atom. The molecule has 0 bridgehead atoms. The molecule has 16 heteroatoms. The van der Waals surface area contributed by atoms with Crippen LogP contribution in [-0.4, -0.2) is 130 Å². The predicted molar refractivity (Wildman–Crippen MR) is 301 cm³/mol. The first-order valence-corrected chi connectivity index (χ1v) is 30.7. The van der Waals surface area contributed by atoms with Gasteiger partial charge in [0.2, 0.25) is 5.91 Å². The highest BCUT2D eigenvalue weighted by atomic mass is 28.4. The molecule has 0 unspecified atom stereocenters. The zero-order valence-corrected chi connectivity index (χ0v) is 48.0. The molecular weight excluding hydrogens is 1020 g/mol. The van der Waals surface area contributed by atoms with E-state index < -0.39 is 94.1 Å². The van der Waals surface area contributed by atoms with Crippen molar-refractivity contribution in [3.8, 4) is 0 Å². The van der Waals surface area contributed by atoms with Crippen LogP contribution in [0.25, 0.3) is 0 Å². The van der Waals surface area contributed by atoms with Crippen molar-refractivity contribution >= 4 is 14.2 Å². The lowest BCUT2D eigenvalue weighted by molar-refractivity contribution is -0.305. The number of hydrogen-bond donors (Lipinski definition) is 3. The molecule has 0 saturated carbocycles. The number of rotatable bonds is 27. The molecule has 5 aromatic rings. The fourth-order valence-corrected chi connectivity index (χ4v) is 12.7. The van der Waals surface area contributed by atoms with Crippen LogP contribution in [-0.2, 0) is 89.6 Å². The fraction of sp³-hybridized carbons (Fsp3) is 0.508. The molecule has 0 spiro atoms. The van der Waals surface area contributed by atoms with Gasteiger partial charge in [0.15, 0.2) is 20.9 Å². The summed E-state index contributed by atoms with van der Waals surface area (Å²) in [6, 6.07) is 48.3. The summed E-state index contributed by atoms with van der Waals surface area (Å²) in [5.74, 6) is -0.0420. The van der Waals surface area contributed by atoms with Gasteiger partial charge in [-0.15, -0.1) is 0 Å². The van der Waals surface area contributed by atoms with Gasteiger partial charge >= 0.3 is 0 Å². The molecule has 3 fully saturated rings. The van der Waals surface area contributed by atoms with E-state index in [-0.39, 0.29) is 50.6 Å². The van der Waals surface area contributed by atoms with Crippen LogP contribution in [0.2, 0.25) is 18.1 Å². The van der Waals surface area contributed by atoms with Gasteiger partial charge in [-0.1, -0.05) is 179 Å². The number of ether oxygens (including phenoxy) is 10. The Kier molecular flexibility index (Phi) is 22.0. The standard InChI is InChI=1S/C63H83NO14Si/c1-42(2)63(5,6)79(7,8)78-62-60(59(72-38-49-32-22-13-23-33-49)56(43(3)75-62)69-35-46-26-16-10-17-27-46)73-40-50-54(66)55(67)51(76-50)41-74-61-53(64-44(4)65)58(71-37-48-30-20-12-21-31-48)57(70-36-47-28-18-11-19-29-47)52(77-61)39-68-34-45-24-14-9-15-25-45/h9-33,42-43,50-62,66-67H,34-41H2,1-8H3,(H,64,65)/t43-,50+,51+,52+,53-,54+,55-,56-,57+,58+,59+,60+,61+,62+/m0/s1. The molecule has 79 heavy (non-hydrogen) atoms. The van der Waals surface area contributed by atoms with Gasteiger partial charge in [-0.3, -0.25) is 4.79 Å². The van der Waals surface area contributed by atoms with Crippen LogP contribution in [0.3, 0.4) is 0 Å². The highest BCUT2D eigenvalue weighted by Gasteiger charge is 2.54. The van der Waals surface area contributed by atoms with Crippen molar-refractivity contribution in [2.45, 2.75) is 178 Å². The number of aliphatic hydroxyl groups is 2. The van der Waals surface area contributed by atoms with E-state index in [0.717, 1.165) is 27.8 Å². The second-order valence-corrected chi connectivity index (χ2v) is 26.9. The highest BCUT2D eigenvalue weighted by Crippen LogP contribution is 2.46. The quantitative estimate of drug-likeness (QED) is 0.0426. The van der Waals surface area contributed by atoms with Gasteiger partial charge in [-0.25, -0.2) is 0 Å². The van der Waals surface area contributed by atoms with Crippen LogP contribution < -0.4 is 5.32 Å². The Hall–Kier alpha value is -4.73. The van der Waals surface area contributed by atoms with Crippen molar-refractivity contribution in [3.05, 3.63) is 179 Å². The van der Waals surface area contributed by atoms with Crippen LogP contribution in [0.5, 0.6) is 0 Å². The molecule has 8 rings (SSSR count). The van der Waals surface area contributed by atoms with E-state index in [9.17, 15) is 15.0 Å². The third-order valence-electron chi connectivity index (χ3n) is 16.0. The largest absolute Gasteiger partial charge is 0.390 e. The van der Waals surface area contributed by atoms with Crippen molar-refractivity contribution in [1.29, 1.82) is 0 Å². The van der Waals surface area contributed by atoms with Crippen LogP contribution in [0.1, 0.15) is 69.4 Å². The molecular formula is C63H83NO14Si. The Morgan fingerprint density at radius 2 is 0.937 bits per heavy atom. The van der Waals surface area contributed by atoms with E-state index >= 15 is 0 Å². The number of benzene rings is 5. The van der Waals surface area contributed by atoms with E-state index in [1.165, 1.54) is 6.92 Å². The van der Waals surface area contributed by atoms with Crippen molar-refractivity contribution in [2.24, 2.45) is 5.92 Å². The first-order valence-electron chi connectivity index (χ1n) is 27.8. The second kappa shape index (κ2) is 28.8. The summed E-state index contributed by atoms with van der Waals surface area (Å²) >= 11 is 0. The van der Waals surface area contributed by atoms with E-state index in [4.69, 9.17) is 51.8 Å². The molecule has 0 aromatic heterocycles. The van der Waals surface area contributed by atoms with E-state index in [1.54, 1.807) is 0 Å². The Labute approximate surface area is 468 Å². The molecule has 3 N–H and O–H groups in total. The molecule has 0 radical (unpaired) electrons. The van der Waals surface area contributed by atoms with Crippen molar-refractivity contribution < 1.29 is 66.8 Å². The molecule has 15 nitrogen and oxygen atoms in total. The fourth-order valence-electron chi connectivity index (χ4n) is 10.2. The highest BCUT2D eigenvalue weighted by molar-refractivity contribution is 6.74. The van der Waals surface area contributed by atoms with Gasteiger partial charge in [0.05, 0.1) is 59.0 Å². The summed E-state index contributed by atoms with van der Waals surface area (Å²) in [4.78, 5) is 13.1. The third-order valence-corrected chi connectivity index (χ3v) is 20.5. The first kappa shape index (κ1) is 60.4. The van der Waals surface area contributed by atoms with E-state index in [2.05, 4.69) is 46.1 Å². The number of carbonyl (C=O) groups excluding carboxylic acids is 1. The van der Waals surface area contributed by atoms with Gasteiger partial charge in [0.1, 0.15) is 67.1 Å². The van der Waals surface area contributed by atoms with Crippen molar-refractivity contribution in [1.82, 2.24) is 5.32 Å². The molecule has 14 atom stereocenters. The second-order valence-electron chi connectivity index (χ2n) is 22.4. The zero-order valence-electron chi connectivity index (χ0n) is 47.0. The lowest BCUT2D eigenvalue weighted by Crippen LogP contribution is -2.66. The number of amides is 1. The van der Waals surface area contributed by atoms with Gasteiger partial charge in [-0.2, -0.15) is 0 Å². The SMILES string of the molecule is CC(=O)N[C@@H]1[C@H](OC[C@H]2O[C@H](CO[C@H]3[C@@H](O[Si](C)(C)C(C)(C)C(C)C)O[C@@H](C)[C@H](OCc4ccccc4)[C@H]3OCc3ccccc3)[C@@H](O)[C@H]2O)O[C@H](COCc2ccccc2)[C@@H](OCc2ccccc2)[C@@H]1OCc1ccccc1. The molecule has 5 aromatic carbocycles. The first-order chi connectivity index (χ1) is 38.1. The summed E-state index contributed by atoms with van der Waals surface area (Å²) in [7, 11) is -2.58. The topological polar surface area (TPSA) is 171 Å². The average Bonchev–Trinajstić information content (AvgIpc) is 3.80. The molecule has 3 heterocycles. The van der Waals surface area contributed by atoms with E-state index in [1.807, 2.05) is 159 Å². The Bertz CT molecular complexity index is 2550. The monoisotopic (exact) mass is 1110 g/mol. The third kappa shape index (κ3) is 16.3. The van der Waals surface area contributed by atoms with Gasteiger partial charge in [-0.05, 0) is 58.8 Å². The maximum atomic E-state index is 13.1. The van der Waals surface area contributed by atoms with Gasteiger partial charge in [0.25, 0.3) is 0 Å². The molecule has 1 amide bonds. The number of hydrogen-bond acceptors (Lipinski definition) is 14. The number of aliphatic hydroxyl groups excluding tert-OH is 2. The summed E-state index contributed by atoms with van der Waals surface area (Å²) in [6.45, 7) is 17.6. The predicted octanol–water partition coefficient (Wildman–Crippen LogP) is 9.07. The van der Waals surface area contributed by atoms with Crippen LogP contribution in [0.15, 0.2) is 152 Å². The maximum Gasteiger partial charge on any atom is 0.217 e. The van der Waals surface area contributed by atoms with Gasteiger partial charge in [0, 0.05) is 6.92 Å². The summed E-state index contributed by atoms with van der Waals surface area (Å²) < 4.78 is 74.1. The minimum Gasteiger partial charge on any atom is -0.390 e. The minimum atomic E-state index is -2.58. The average molecular weight is 1110 g/mol. The number of carbonyl (C=O) groups is 1. The molecule has 3 aliphatic rings. The molecule has 3 aliphatic heterocycles. The zero-order chi connectivity index (χ0) is 55.9. The summed E-state index contributed by atoms with van der Waals surface area (Å²) in [6.07, 6.45) is -11.8.